The van der Waals surface area contributed by atoms with Crippen molar-refractivity contribution in [2.75, 3.05) is 0 Å². The minimum absolute atomic E-state index is 0.495. The van der Waals surface area contributed by atoms with Gasteiger partial charge in [0.2, 0.25) is 5.28 Å². The molecule has 0 spiro atoms. The Balaban J connectivity index is 2.43. The number of nitrogens with two attached hydrogens (primary N) is 1. The minimum atomic E-state index is 0.495. The number of aromatic nitrogens is 2. The van der Waals surface area contributed by atoms with Gasteiger partial charge in [-0.25, -0.2) is 4.98 Å². The Morgan fingerprint density at radius 3 is 3.15 bits per heavy atom. The van der Waals surface area contributed by atoms with Gasteiger partial charge in [-0.3, -0.25) is 0 Å². The van der Waals surface area contributed by atoms with Gasteiger partial charge in [0.25, 0.3) is 0 Å². The lowest BCUT2D eigenvalue weighted by atomic mass is 9.97. The van der Waals surface area contributed by atoms with Crippen LogP contribution in [0.15, 0.2) is 0 Å². The van der Waals surface area contributed by atoms with Crippen LogP contribution in [0, 0.1) is 5.92 Å². The molecule has 1 atom stereocenters. The van der Waals surface area contributed by atoms with Crippen LogP contribution in [0.25, 0.3) is 0 Å². The predicted molar refractivity (Wildman–Crippen MR) is 52.6 cm³/mol. The van der Waals surface area contributed by atoms with E-state index in [1.54, 1.807) is 0 Å². The number of rotatable bonds is 1. The topological polar surface area (TPSA) is 43.8 Å². The van der Waals surface area contributed by atoms with Gasteiger partial charge < -0.3 is 10.3 Å². The summed E-state index contributed by atoms with van der Waals surface area (Å²) in [6.45, 7) is 3.74. The van der Waals surface area contributed by atoms with Crippen LogP contribution >= 0.6 is 11.6 Å². The molecule has 0 bridgehead atoms. The van der Waals surface area contributed by atoms with Crippen molar-refractivity contribution in [3.8, 4) is 0 Å². The molecular formula is C9H14ClN3. The molecule has 4 heteroatoms. The number of imidazole rings is 1. The number of halogens is 1. The highest BCUT2D eigenvalue weighted by Crippen LogP contribution is 2.26. The molecule has 3 nitrogen and oxygen atoms in total. The molecule has 0 saturated heterocycles. The highest BCUT2D eigenvalue weighted by Gasteiger charge is 2.21. The highest BCUT2D eigenvalue weighted by atomic mass is 35.5. The number of hydrogen-bond donors (Lipinski definition) is 1. The van der Waals surface area contributed by atoms with Gasteiger partial charge in [0.1, 0.15) is 0 Å². The van der Waals surface area contributed by atoms with E-state index in [-0.39, 0.29) is 0 Å². The van der Waals surface area contributed by atoms with Crippen LogP contribution in [0.1, 0.15) is 24.7 Å². The zero-order valence-electron chi connectivity index (χ0n) is 7.76. The van der Waals surface area contributed by atoms with E-state index in [2.05, 4.69) is 16.5 Å². The molecule has 1 unspecified atom stereocenters. The van der Waals surface area contributed by atoms with Crippen molar-refractivity contribution in [3.63, 3.8) is 0 Å². The molecule has 13 heavy (non-hydrogen) atoms. The van der Waals surface area contributed by atoms with E-state index in [0.29, 0.717) is 11.8 Å². The third kappa shape index (κ3) is 1.46. The van der Waals surface area contributed by atoms with Crippen molar-refractivity contribution in [2.45, 2.75) is 32.9 Å². The maximum absolute atomic E-state index is 5.99. The Kier molecular flexibility index (Phi) is 2.30. The second-order valence-corrected chi connectivity index (χ2v) is 4.07. The molecule has 2 rings (SSSR count). The highest BCUT2D eigenvalue weighted by molar-refractivity contribution is 6.28. The summed E-state index contributed by atoms with van der Waals surface area (Å²) in [7, 11) is 0. The molecule has 1 aromatic rings. The zero-order chi connectivity index (χ0) is 9.42. The molecule has 0 saturated carbocycles. The molecular weight excluding hydrogens is 186 g/mol. The first kappa shape index (κ1) is 9.03. The second kappa shape index (κ2) is 3.31. The first-order valence-corrected chi connectivity index (χ1v) is 5.04. The van der Waals surface area contributed by atoms with E-state index in [1.807, 2.05) is 0 Å². The van der Waals surface area contributed by atoms with Crippen LogP contribution < -0.4 is 5.73 Å². The van der Waals surface area contributed by atoms with E-state index < -0.39 is 0 Å². The minimum Gasteiger partial charge on any atom is -0.325 e. The summed E-state index contributed by atoms with van der Waals surface area (Å²) in [6.07, 6.45) is 2.25. The average Bonchev–Trinajstić information content (AvgIpc) is 2.42. The summed E-state index contributed by atoms with van der Waals surface area (Å²) in [5.74, 6) is 0.727. The second-order valence-electron chi connectivity index (χ2n) is 3.73. The summed E-state index contributed by atoms with van der Waals surface area (Å²) in [4.78, 5) is 4.25. The molecule has 2 N–H and O–H groups in total. The van der Waals surface area contributed by atoms with Crippen LogP contribution in [0.5, 0.6) is 0 Å². The smallest absolute Gasteiger partial charge is 0.203 e. The van der Waals surface area contributed by atoms with Gasteiger partial charge in [0.05, 0.1) is 5.69 Å². The Bertz CT molecular complexity index is 319. The van der Waals surface area contributed by atoms with E-state index in [9.17, 15) is 0 Å². The molecule has 1 aliphatic heterocycles. The Labute approximate surface area is 82.9 Å². The lowest BCUT2D eigenvalue weighted by molar-refractivity contribution is 0.415. The van der Waals surface area contributed by atoms with E-state index in [0.717, 1.165) is 24.6 Å². The van der Waals surface area contributed by atoms with Gasteiger partial charge >= 0.3 is 0 Å². The Morgan fingerprint density at radius 1 is 1.69 bits per heavy atom. The quantitative estimate of drug-likeness (QED) is 0.747. The maximum Gasteiger partial charge on any atom is 0.203 e. The van der Waals surface area contributed by atoms with Crippen molar-refractivity contribution in [3.05, 3.63) is 16.7 Å². The van der Waals surface area contributed by atoms with Gasteiger partial charge in [-0.05, 0) is 30.4 Å². The first-order chi connectivity index (χ1) is 6.22. The van der Waals surface area contributed by atoms with Gasteiger partial charge in [0.15, 0.2) is 0 Å². The summed E-state index contributed by atoms with van der Waals surface area (Å²) >= 11 is 5.99. The number of hydrogen-bond acceptors (Lipinski definition) is 2. The lowest BCUT2D eigenvalue weighted by Crippen LogP contribution is -2.18. The summed E-state index contributed by atoms with van der Waals surface area (Å²) < 4.78 is 2.09. The monoisotopic (exact) mass is 199 g/mol. The van der Waals surface area contributed by atoms with E-state index in [1.165, 1.54) is 12.1 Å². The molecule has 1 aliphatic rings. The number of nitrogens with zero attached hydrogens (tertiary/aromatic N) is 2. The molecule has 1 aromatic heterocycles. The molecule has 0 amide bonds. The van der Waals surface area contributed by atoms with Crippen molar-refractivity contribution in [2.24, 2.45) is 11.7 Å². The molecule has 2 heterocycles. The zero-order valence-corrected chi connectivity index (χ0v) is 8.51. The first-order valence-electron chi connectivity index (χ1n) is 4.66. The standard InChI is InChI=1S/C9H14ClN3/c1-6-2-3-13-8(4-6)7(5-11)12-9(13)10/h6H,2-5,11H2,1H3. The third-order valence-corrected chi connectivity index (χ3v) is 2.98. The lowest BCUT2D eigenvalue weighted by Gasteiger charge is -2.21. The van der Waals surface area contributed by atoms with Gasteiger partial charge in [-0.15, -0.1) is 0 Å². The van der Waals surface area contributed by atoms with Crippen molar-refractivity contribution in [1.82, 2.24) is 9.55 Å². The largest absolute Gasteiger partial charge is 0.325 e. The SMILES string of the molecule is CC1CCn2c(Cl)nc(CN)c2C1. The van der Waals surface area contributed by atoms with Gasteiger partial charge in [-0.2, -0.15) is 0 Å². The molecule has 0 aliphatic carbocycles. The van der Waals surface area contributed by atoms with Crippen LogP contribution in [0.3, 0.4) is 0 Å². The summed E-state index contributed by atoms with van der Waals surface area (Å²) in [6, 6.07) is 0. The van der Waals surface area contributed by atoms with Crippen LogP contribution in [-0.2, 0) is 19.5 Å². The fraction of sp³-hybridized carbons (Fsp3) is 0.667. The fourth-order valence-corrected chi connectivity index (χ4v) is 2.19. The summed E-state index contributed by atoms with van der Waals surface area (Å²) in [5, 5.41) is 0.599. The molecule has 72 valence electrons. The average molecular weight is 200 g/mol. The Morgan fingerprint density at radius 2 is 2.46 bits per heavy atom. The van der Waals surface area contributed by atoms with Crippen LogP contribution in [0.4, 0.5) is 0 Å². The Hall–Kier alpha value is -0.540. The molecule has 0 aromatic carbocycles. The van der Waals surface area contributed by atoms with E-state index >= 15 is 0 Å². The number of fused-ring (bicyclic) bond motifs is 1. The van der Waals surface area contributed by atoms with Gasteiger partial charge in [-0.1, -0.05) is 6.92 Å². The molecule has 0 radical (unpaired) electrons. The van der Waals surface area contributed by atoms with Crippen molar-refractivity contribution >= 4 is 11.6 Å². The van der Waals surface area contributed by atoms with Crippen molar-refractivity contribution < 1.29 is 0 Å². The normalized spacial score (nSPS) is 21.6. The predicted octanol–water partition coefficient (Wildman–Crippen LogP) is 1.58. The third-order valence-electron chi connectivity index (χ3n) is 2.69. The molecule has 0 fully saturated rings. The van der Waals surface area contributed by atoms with Gasteiger partial charge in [0, 0.05) is 18.8 Å². The summed E-state index contributed by atoms with van der Waals surface area (Å²) in [5.41, 5.74) is 7.81. The van der Waals surface area contributed by atoms with Crippen LogP contribution in [0.2, 0.25) is 5.28 Å². The van der Waals surface area contributed by atoms with E-state index in [4.69, 9.17) is 17.3 Å². The van der Waals surface area contributed by atoms with Crippen LogP contribution in [-0.4, -0.2) is 9.55 Å². The van der Waals surface area contributed by atoms with Crippen molar-refractivity contribution in [1.29, 1.82) is 0 Å². The maximum atomic E-state index is 5.99. The fourth-order valence-electron chi connectivity index (χ4n) is 1.90.